The molecule has 0 radical (unpaired) electrons. The lowest BCUT2D eigenvalue weighted by Gasteiger charge is -2.25. The highest BCUT2D eigenvalue weighted by Gasteiger charge is 2.35. The Kier molecular flexibility index (Phi) is 3.60. The molecule has 0 aliphatic rings. The lowest BCUT2D eigenvalue weighted by atomic mass is 9.81. The van der Waals surface area contributed by atoms with Crippen molar-refractivity contribution in [2.75, 3.05) is 6.54 Å². The minimum absolute atomic E-state index is 0.163. The number of rotatable bonds is 5. The molecule has 0 saturated carbocycles. The van der Waals surface area contributed by atoms with E-state index in [4.69, 9.17) is 10.8 Å². The van der Waals surface area contributed by atoms with E-state index < -0.39 is 11.4 Å². The van der Waals surface area contributed by atoms with Gasteiger partial charge in [0.1, 0.15) is 0 Å². The van der Waals surface area contributed by atoms with E-state index >= 15 is 0 Å². The quantitative estimate of drug-likeness (QED) is 0.770. The summed E-state index contributed by atoms with van der Waals surface area (Å²) in [6.45, 7) is 2.01. The Balaban J connectivity index is 2.83. The Morgan fingerprint density at radius 1 is 1.79 bits per heavy atom. The smallest absolute Gasteiger partial charge is 0.311 e. The van der Waals surface area contributed by atoms with E-state index in [1.807, 2.05) is 6.92 Å². The molecule has 0 aliphatic heterocycles. The molecule has 0 fully saturated rings. The molecule has 0 amide bonds. The van der Waals surface area contributed by atoms with Crippen molar-refractivity contribution in [3.8, 4) is 0 Å². The van der Waals surface area contributed by atoms with Crippen molar-refractivity contribution in [2.24, 2.45) is 11.1 Å². The van der Waals surface area contributed by atoms with E-state index in [0.717, 1.165) is 4.88 Å². The highest BCUT2D eigenvalue weighted by molar-refractivity contribution is 7.09. The van der Waals surface area contributed by atoms with Gasteiger partial charge in [0.05, 0.1) is 10.9 Å². The number of thiazole rings is 1. The van der Waals surface area contributed by atoms with Crippen molar-refractivity contribution < 1.29 is 9.90 Å². The van der Waals surface area contributed by atoms with E-state index in [2.05, 4.69) is 4.98 Å². The monoisotopic (exact) mass is 214 g/mol. The molecule has 78 valence electrons. The largest absolute Gasteiger partial charge is 0.481 e. The van der Waals surface area contributed by atoms with Crippen LogP contribution in [0.25, 0.3) is 0 Å². The van der Waals surface area contributed by atoms with Crippen molar-refractivity contribution in [3.05, 3.63) is 16.6 Å². The molecule has 0 aliphatic carbocycles. The number of aliphatic carboxylic acids is 1. The first-order valence-electron chi connectivity index (χ1n) is 4.45. The van der Waals surface area contributed by atoms with Gasteiger partial charge in [-0.05, 0) is 6.42 Å². The fraction of sp³-hybridized carbons (Fsp3) is 0.556. The number of nitrogens with zero attached hydrogens (tertiary/aromatic N) is 1. The summed E-state index contributed by atoms with van der Waals surface area (Å²) in [6, 6.07) is 0. The first-order valence-corrected chi connectivity index (χ1v) is 5.33. The Hall–Kier alpha value is -0.940. The van der Waals surface area contributed by atoms with E-state index in [0.29, 0.717) is 12.8 Å². The van der Waals surface area contributed by atoms with Crippen LogP contribution in [0.15, 0.2) is 11.7 Å². The van der Waals surface area contributed by atoms with Crippen LogP contribution >= 0.6 is 11.3 Å². The Morgan fingerprint density at radius 2 is 2.50 bits per heavy atom. The average molecular weight is 214 g/mol. The summed E-state index contributed by atoms with van der Waals surface area (Å²) in [5.41, 5.74) is 6.41. The normalized spacial score (nSPS) is 15.0. The summed E-state index contributed by atoms with van der Waals surface area (Å²) in [4.78, 5) is 16.0. The van der Waals surface area contributed by atoms with Gasteiger partial charge in [0.15, 0.2) is 0 Å². The zero-order chi connectivity index (χ0) is 10.6. The van der Waals surface area contributed by atoms with Crippen molar-refractivity contribution in [3.63, 3.8) is 0 Å². The molecule has 1 atom stereocenters. The van der Waals surface area contributed by atoms with Crippen LogP contribution in [0, 0.1) is 5.41 Å². The predicted octanol–water partition coefficient (Wildman–Crippen LogP) is 1.13. The van der Waals surface area contributed by atoms with Gasteiger partial charge in [-0.1, -0.05) is 6.92 Å². The predicted molar refractivity (Wildman–Crippen MR) is 55.2 cm³/mol. The first-order chi connectivity index (χ1) is 6.64. The SMILES string of the molecule is CCC(CN)(Cc1cncs1)C(=O)O. The van der Waals surface area contributed by atoms with E-state index in [9.17, 15) is 4.79 Å². The summed E-state index contributed by atoms with van der Waals surface area (Å²) in [6.07, 6.45) is 2.71. The summed E-state index contributed by atoms with van der Waals surface area (Å²) in [7, 11) is 0. The average Bonchev–Trinajstić information content (AvgIpc) is 2.66. The van der Waals surface area contributed by atoms with Gasteiger partial charge in [-0.15, -0.1) is 11.3 Å². The molecular formula is C9H14N2O2S. The molecule has 3 N–H and O–H groups in total. The number of carbonyl (C=O) groups is 1. The molecule has 0 bridgehead atoms. The topological polar surface area (TPSA) is 76.2 Å². The summed E-state index contributed by atoms with van der Waals surface area (Å²) >= 11 is 1.47. The standard InChI is InChI=1S/C9H14N2O2S/c1-2-9(5-10,8(12)13)3-7-4-11-6-14-7/h4,6H,2-3,5,10H2,1H3,(H,12,13). The number of aromatic nitrogens is 1. The van der Waals surface area contributed by atoms with E-state index in [-0.39, 0.29) is 6.54 Å². The number of hydrogen-bond donors (Lipinski definition) is 2. The maximum Gasteiger partial charge on any atom is 0.311 e. The molecule has 1 aromatic rings. The van der Waals surface area contributed by atoms with Crippen LogP contribution in [-0.2, 0) is 11.2 Å². The molecule has 0 aromatic carbocycles. The van der Waals surface area contributed by atoms with Gasteiger partial charge >= 0.3 is 5.97 Å². The van der Waals surface area contributed by atoms with Crippen molar-refractivity contribution >= 4 is 17.3 Å². The Labute approximate surface area is 86.8 Å². The van der Waals surface area contributed by atoms with E-state index in [1.165, 1.54) is 11.3 Å². The summed E-state index contributed by atoms with van der Waals surface area (Å²) < 4.78 is 0. The van der Waals surface area contributed by atoms with Crippen LogP contribution in [0.1, 0.15) is 18.2 Å². The lowest BCUT2D eigenvalue weighted by Crippen LogP contribution is -2.39. The van der Waals surface area contributed by atoms with Gasteiger partial charge in [-0.3, -0.25) is 9.78 Å². The second-order valence-corrected chi connectivity index (χ2v) is 4.26. The highest BCUT2D eigenvalue weighted by Crippen LogP contribution is 2.27. The Bertz CT molecular complexity index is 294. The van der Waals surface area contributed by atoms with Crippen LogP contribution in [-0.4, -0.2) is 22.6 Å². The fourth-order valence-electron chi connectivity index (χ4n) is 1.32. The first kappa shape index (κ1) is 11.1. The molecule has 1 unspecified atom stereocenters. The second kappa shape index (κ2) is 4.52. The second-order valence-electron chi connectivity index (χ2n) is 3.29. The maximum atomic E-state index is 11.1. The number of hydrogen-bond acceptors (Lipinski definition) is 4. The lowest BCUT2D eigenvalue weighted by molar-refractivity contribution is -0.148. The van der Waals surface area contributed by atoms with Gasteiger partial charge in [-0.2, -0.15) is 0 Å². The van der Waals surface area contributed by atoms with Crippen molar-refractivity contribution in [1.29, 1.82) is 0 Å². The van der Waals surface area contributed by atoms with Gasteiger partial charge in [0.25, 0.3) is 0 Å². The maximum absolute atomic E-state index is 11.1. The molecule has 0 saturated heterocycles. The zero-order valence-electron chi connectivity index (χ0n) is 8.06. The molecule has 4 nitrogen and oxygen atoms in total. The molecule has 1 aromatic heterocycles. The molecule has 14 heavy (non-hydrogen) atoms. The van der Waals surface area contributed by atoms with Gasteiger partial charge in [0.2, 0.25) is 0 Å². The van der Waals surface area contributed by atoms with Crippen molar-refractivity contribution in [2.45, 2.75) is 19.8 Å². The third-order valence-electron chi connectivity index (χ3n) is 2.52. The molecule has 1 rings (SSSR count). The highest BCUT2D eigenvalue weighted by atomic mass is 32.1. The van der Waals surface area contributed by atoms with Crippen molar-refractivity contribution in [1.82, 2.24) is 4.98 Å². The molecule has 0 spiro atoms. The molecular weight excluding hydrogens is 200 g/mol. The molecule has 5 heteroatoms. The summed E-state index contributed by atoms with van der Waals surface area (Å²) in [5.74, 6) is -0.823. The fourth-order valence-corrected chi connectivity index (χ4v) is 2.06. The summed E-state index contributed by atoms with van der Waals surface area (Å²) in [5, 5.41) is 9.13. The van der Waals surface area contributed by atoms with Crippen LogP contribution in [0.3, 0.4) is 0 Å². The van der Waals surface area contributed by atoms with Crippen LogP contribution in [0.5, 0.6) is 0 Å². The minimum atomic E-state index is -0.827. The van der Waals surface area contributed by atoms with Gasteiger partial charge in [-0.25, -0.2) is 0 Å². The number of carboxylic acid groups (broad SMARTS) is 1. The van der Waals surface area contributed by atoms with Crippen LogP contribution in [0.4, 0.5) is 0 Å². The van der Waals surface area contributed by atoms with Gasteiger partial charge in [0, 0.05) is 24.0 Å². The van der Waals surface area contributed by atoms with Crippen LogP contribution < -0.4 is 5.73 Å². The van der Waals surface area contributed by atoms with Gasteiger partial charge < -0.3 is 10.8 Å². The number of carboxylic acids is 1. The minimum Gasteiger partial charge on any atom is -0.481 e. The third kappa shape index (κ3) is 2.10. The van der Waals surface area contributed by atoms with Crippen LogP contribution in [0.2, 0.25) is 0 Å². The molecule has 1 heterocycles. The van der Waals surface area contributed by atoms with E-state index in [1.54, 1.807) is 11.7 Å². The zero-order valence-corrected chi connectivity index (χ0v) is 8.88. The Morgan fingerprint density at radius 3 is 2.86 bits per heavy atom. The third-order valence-corrected chi connectivity index (χ3v) is 3.30. The number of nitrogens with two attached hydrogens (primary N) is 1.